The van der Waals surface area contributed by atoms with E-state index in [1.165, 1.54) is 24.3 Å². The van der Waals surface area contributed by atoms with Crippen LogP contribution in [0.1, 0.15) is 63.5 Å². The van der Waals surface area contributed by atoms with Crippen molar-refractivity contribution in [3.05, 3.63) is 53.6 Å². The second-order valence-electron chi connectivity index (χ2n) is 8.86. The molecule has 1 N–H and O–H groups in total. The molecule has 0 radical (unpaired) electrons. The molecule has 37 heavy (non-hydrogen) atoms. The number of carbonyl (C=O) groups excluding carboxylic acids is 2. The molecule has 1 heterocycles. The van der Waals surface area contributed by atoms with Crippen molar-refractivity contribution in [3.63, 3.8) is 0 Å². The van der Waals surface area contributed by atoms with E-state index in [0.717, 1.165) is 24.8 Å². The Morgan fingerprint density at radius 2 is 1.84 bits per heavy atom. The van der Waals surface area contributed by atoms with Gasteiger partial charge in [0.25, 0.3) is 0 Å². The Bertz CT molecular complexity index is 1120. The van der Waals surface area contributed by atoms with Gasteiger partial charge in [0.15, 0.2) is 11.5 Å². The molecule has 7 nitrogen and oxygen atoms in total. The number of benzene rings is 2. The third-order valence-corrected chi connectivity index (χ3v) is 6.08. The monoisotopic (exact) mass is 519 g/mol. The maximum Gasteiger partial charge on any atom is 0.573 e. The van der Waals surface area contributed by atoms with Gasteiger partial charge in [-0.15, -0.1) is 13.2 Å². The van der Waals surface area contributed by atoms with Gasteiger partial charge in [-0.2, -0.15) is 5.10 Å². The van der Waals surface area contributed by atoms with Crippen molar-refractivity contribution in [1.29, 1.82) is 0 Å². The van der Waals surface area contributed by atoms with Crippen LogP contribution in [-0.4, -0.2) is 36.0 Å². The third-order valence-electron chi connectivity index (χ3n) is 6.08. The summed E-state index contributed by atoms with van der Waals surface area (Å²) in [6.07, 6.45) is -0.751. The number of methoxy groups -OCH3 is 1. The number of ether oxygens (including phenoxy) is 2. The van der Waals surface area contributed by atoms with Crippen LogP contribution in [0.3, 0.4) is 0 Å². The highest BCUT2D eigenvalue weighted by Gasteiger charge is 2.34. The van der Waals surface area contributed by atoms with Crippen molar-refractivity contribution < 1.29 is 32.2 Å². The van der Waals surface area contributed by atoms with Crippen LogP contribution >= 0.6 is 0 Å². The summed E-state index contributed by atoms with van der Waals surface area (Å²) in [5.41, 5.74) is 2.39. The molecular formula is C27H32F3N3O4. The lowest BCUT2D eigenvalue weighted by molar-refractivity contribution is -0.275. The number of hydrogen-bond acceptors (Lipinski definition) is 5. The molecule has 3 rings (SSSR count). The molecule has 1 unspecified atom stereocenters. The molecule has 0 saturated heterocycles. The standard InChI is InChI=1S/C27H32F3N3O4/c1-4-6-7-8-24(34)31-21-12-9-18(10-13-21)17-33-25(35)16-19(5-2)26(32-33)20-11-14-22(36-3)23(15-20)37-27(28,29)30/h9-15,19H,4-8,16-17H2,1-3H3,(H,31,34). The fraction of sp³-hybridized carbons (Fsp3) is 0.444. The van der Waals surface area contributed by atoms with E-state index in [-0.39, 0.29) is 36.4 Å². The predicted molar refractivity (Wildman–Crippen MR) is 134 cm³/mol. The van der Waals surface area contributed by atoms with Gasteiger partial charge in [0.05, 0.1) is 19.4 Å². The largest absolute Gasteiger partial charge is 0.573 e. The van der Waals surface area contributed by atoms with E-state index in [1.807, 2.05) is 6.92 Å². The maximum atomic E-state index is 12.9. The molecule has 1 aliphatic heterocycles. The van der Waals surface area contributed by atoms with E-state index < -0.39 is 12.1 Å². The number of carbonyl (C=O) groups is 2. The molecule has 2 aromatic rings. The molecule has 0 aliphatic carbocycles. The van der Waals surface area contributed by atoms with Gasteiger partial charge < -0.3 is 14.8 Å². The van der Waals surface area contributed by atoms with Crippen LogP contribution in [0.2, 0.25) is 0 Å². The molecule has 0 bridgehead atoms. The quantitative estimate of drug-likeness (QED) is 0.355. The first kappa shape index (κ1) is 28.0. The lowest BCUT2D eigenvalue weighted by Crippen LogP contribution is -2.36. The average molecular weight is 520 g/mol. The summed E-state index contributed by atoms with van der Waals surface area (Å²) in [6.45, 7) is 4.16. The zero-order valence-corrected chi connectivity index (χ0v) is 21.2. The molecular weight excluding hydrogens is 487 g/mol. The molecule has 2 aromatic carbocycles. The zero-order valence-electron chi connectivity index (χ0n) is 21.2. The van der Waals surface area contributed by atoms with Crippen molar-refractivity contribution in [1.82, 2.24) is 5.01 Å². The normalized spacial score (nSPS) is 15.8. The number of nitrogens with zero attached hydrogens (tertiary/aromatic N) is 2. The van der Waals surface area contributed by atoms with E-state index in [0.29, 0.717) is 29.8 Å². The van der Waals surface area contributed by atoms with Gasteiger partial charge in [0.2, 0.25) is 11.8 Å². The molecule has 0 fully saturated rings. The maximum absolute atomic E-state index is 12.9. The fourth-order valence-electron chi connectivity index (χ4n) is 4.10. The first-order valence-corrected chi connectivity index (χ1v) is 12.3. The van der Waals surface area contributed by atoms with Crippen LogP contribution in [0.25, 0.3) is 0 Å². The molecule has 10 heteroatoms. The third kappa shape index (κ3) is 7.96. The number of hydrazone groups is 1. The minimum atomic E-state index is -4.88. The van der Waals surface area contributed by atoms with Crippen molar-refractivity contribution >= 4 is 23.2 Å². The van der Waals surface area contributed by atoms with Gasteiger partial charge in [-0.1, -0.05) is 38.8 Å². The number of halogens is 3. The van der Waals surface area contributed by atoms with Crippen molar-refractivity contribution in [2.45, 2.75) is 65.3 Å². The Morgan fingerprint density at radius 3 is 2.46 bits per heavy atom. The SMILES string of the molecule is CCCCCC(=O)Nc1ccc(CN2N=C(c3ccc(OC)c(OC(F)(F)F)c3)C(CC)CC2=O)cc1. The Kier molecular flexibility index (Phi) is 9.54. The van der Waals surface area contributed by atoms with Gasteiger partial charge in [-0.05, 0) is 48.7 Å². The van der Waals surface area contributed by atoms with Crippen LogP contribution in [-0.2, 0) is 16.1 Å². The molecule has 0 spiro atoms. The second kappa shape index (κ2) is 12.6. The van der Waals surface area contributed by atoms with Crippen molar-refractivity contribution in [3.8, 4) is 11.5 Å². The first-order valence-electron chi connectivity index (χ1n) is 12.3. The van der Waals surface area contributed by atoms with Crippen LogP contribution in [0.4, 0.5) is 18.9 Å². The minimum absolute atomic E-state index is 0.0411. The van der Waals surface area contributed by atoms with E-state index in [4.69, 9.17) is 4.74 Å². The highest BCUT2D eigenvalue weighted by atomic mass is 19.4. The molecule has 2 amide bonds. The minimum Gasteiger partial charge on any atom is -0.493 e. The van der Waals surface area contributed by atoms with Crippen molar-refractivity contribution in [2.24, 2.45) is 11.0 Å². The summed E-state index contributed by atoms with van der Waals surface area (Å²) < 4.78 is 47.9. The van der Waals surface area contributed by atoms with Gasteiger partial charge in [-0.25, -0.2) is 5.01 Å². The number of amides is 2. The van der Waals surface area contributed by atoms with Gasteiger partial charge in [0.1, 0.15) is 0 Å². The molecule has 1 aliphatic rings. The number of hydrogen-bond donors (Lipinski definition) is 1. The van der Waals surface area contributed by atoms with Crippen LogP contribution in [0.5, 0.6) is 11.5 Å². The van der Waals surface area contributed by atoms with E-state index in [9.17, 15) is 22.8 Å². The molecule has 200 valence electrons. The van der Waals surface area contributed by atoms with Crippen LogP contribution in [0, 0.1) is 5.92 Å². The summed E-state index contributed by atoms with van der Waals surface area (Å²) >= 11 is 0. The van der Waals surface area contributed by atoms with E-state index in [1.54, 1.807) is 30.3 Å². The zero-order chi connectivity index (χ0) is 27.0. The number of rotatable bonds is 11. The molecule has 0 saturated carbocycles. The predicted octanol–water partition coefficient (Wildman–Crippen LogP) is 6.28. The van der Waals surface area contributed by atoms with E-state index >= 15 is 0 Å². The summed E-state index contributed by atoms with van der Waals surface area (Å²) in [5.74, 6) is -0.997. The Hall–Kier alpha value is -3.56. The Labute approximate surface area is 214 Å². The average Bonchev–Trinajstić information content (AvgIpc) is 2.85. The molecule has 0 aromatic heterocycles. The number of alkyl halides is 3. The summed E-state index contributed by atoms with van der Waals surface area (Å²) in [4.78, 5) is 24.8. The van der Waals surface area contributed by atoms with Gasteiger partial charge in [-0.3, -0.25) is 9.59 Å². The lowest BCUT2D eigenvalue weighted by Gasteiger charge is -2.29. The van der Waals surface area contributed by atoms with Crippen LogP contribution < -0.4 is 14.8 Å². The van der Waals surface area contributed by atoms with Crippen LogP contribution in [0.15, 0.2) is 47.6 Å². The number of nitrogens with one attached hydrogen (secondary N) is 1. The van der Waals surface area contributed by atoms with Gasteiger partial charge >= 0.3 is 6.36 Å². The Morgan fingerprint density at radius 1 is 1.11 bits per heavy atom. The second-order valence-corrected chi connectivity index (χ2v) is 8.86. The van der Waals surface area contributed by atoms with E-state index in [2.05, 4.69) is 22.1 Å². The fourth-order valence-corrected chi connectivity index (χ4v) is 4.10. The number of anilines is 1. The van der Waals surface area contributed by atoms with Crippen molar-refractivity contribution in [2.75, 3.05) is 12.4 Å². The summed E-state index contributed by atoms with van der Waals surface area (Å²) in [7, 11) is 1.26. The smallest absolute Gasteiger partial charge is 0.493 e. The highest BCUT2D eigenvalue weighted by molar-refractivity contribution is 6.06. The number of unbranched alkanes of at least 4 members (excludes halogenated alkanes) is 2. The lowest BCUT2D eigenvalue weighted by atomic mass is 9.89. The van der Waals surface area contributed by atoms with Gasteiger partial charge in [0, 0.05) is 30.0 Å². The summed E-state index contributed by atoms with van der Waals surface area (Å²) in [6, 6.07) is 11.4. The summed E-state index contributed by atoms with van der Waals surface area (Å²) in [5, 5.41) is 8.73. The highest BCUT2D eigenvalue weighted by Crippen LogP contribution is 2.35. The topological polar surface area (TPSA) is 80.2 Å². The first-order chi connectivity index (χ1) is 17.6. The Balaban J connectivity index is 1.79. The molecule has 1 atom stereocenters.